The Hall–Kier alpha value is -2.27. The molecule has 1 aromatic heterocycles. The van der Waals surface area contributed by atoms with Crippen molar-refractivity contribution in [3.05, 3.63) is 72.3 Å². The van der Waals surface area contributed by atoms with E-state index >= 15 is 0 Å². The number of esters is 1. The molecule has 1 heterocycles. The molecule has 0 saturated carbocycles. The zero-order chi connectivity index (χ0) is 22.8. The normalized spacial score (nSPS) is 14.2. The van der Waals surface area contributed by atoms with Gasteiger partial charge < -0.3 is 9.47 Å². The predicted molar refractivity (Wildman–Crippen MR) is 130 cm³/mol. The first-order valence-corrected chi connectivity index (χ1v) is 12.7. The van der Waals surface area contributed by atoms with Crippen LogP contribution in [-0.2, 0) is 25.3 Å². The van der Waals surface area contributed by atoms with Crippen LogP contribution in [0.2, 0.25) is 0 Å². The highest BCUT2D eigenvalue weighted by Gasteiger charge is 2.48. The summed E-state index contributed by atoms with van der Waals surface area (Å²) in [5.41, 5.74) is 0.713. The Morgan fingerprint density at radius 1 is 1.03 bits per heavy atom. The van der Waals surface area contributed by atoms with Crippen LogP contribution in [0.25, 0.3) is 10.9 Å². The molecule has 0 aliphatic carbocycles. The van der Waals surface area contributed by atoms with E-state index in [9.17, 15) is 9.36 Å². The van der Waals surface area contributed by atoms with Crippen LogP contribution in [0.1, 0.15) is 19.4 Å². The molecule has 2 aromatic carbocycles. The summed E-state index contributed by atoms with van der Waals surface area (Å²) in [5.74, 6) is -0.156. The number of ether oxygens (including phenoxy) is 2. The molecule has 0 fully saturated rings. The molecule has 0 radical (unpaired) electrons. The Balaban J connectivity index is 1.94. The lowest BCUT2D eigenvalue weighted by molar-refractivity contribution is -0.175. The molecule has 0 saturated heterocycles. The summed E-state index contributed by atoms with van der Waals surface area (Å²) in [7, 11) is -0.154. The number of para-hydroxylation sites is 1. The van der Waals surface area contributed by atoms with Crippen molar-refractivity contribution in [1.29, 1.82) is 0 Å². The Labute approximate surface area is 195 Å². The number of carbonyl (C=O) groups excluding carboxylic acids is 1. The minimum Gasteiger partial charge on any atom is -0.464 e. The van der Waals surface area contributed by atoms with E-state index in [1.165, 1.54) is 0 Å². The number of aromatic nitrogens is 1. The summed E-state index contributed by atoms with van der Waals surface area (Å²) in [6.07, 6.45) is 0.638. The molecule has 7 heteroatoms. The molecule has 3 rings (SSSR count). The summed E-state index contributed by atoms with van der Waals surface area (Å²) in [4.78, 5) is 17.9. The number of hydrogen-bond acceptors (Lipinski definition) is 6. The fraction of sp³-hybridized carbons (Fsp3) is 0.360. The number of thioether (sulfide) groups is 1. The van der Waals surface area contributed by atoms with Crippen LogP contribution in [-0.4, -0.2) is 41.7 Å². The lowest BCUT2D eigenvalue weighted by Crippen LogP contribution is -2.53. The Morgan fingerprint density at radius 2 is 1.78 bits per heavy atom. The number of carbonyl (C=O) groups is 1. The monoisotopic (exact) mass is 469 g/mol. The molecule has 168 valence electrons. The minimum atomic E-state index is -1.30. The number of benzene rings is 2. The fourth-order valence-electron chi connectivity index (χ4n) is 3.76. The van der Waals surface area contributed by atoms with Crippen molar-refractivity contribution >= 4 is 37.1 Å². The van der Waals surface area contributed by atoms with Gasteiger partial charge in [0.2, 0.25) is 0 Å². The van der Waals surface area contributed by atoms with Crippen LogP contribution < -0.4 is 0 Å². The minimum absolute atomic E-state index is 0.0445. The van der Waals surface area contributed by atoms with Crippen molar-refractivity contribution < 1.29 is 18.8 Å². The second-order valence-corrected chi connectivity index (χ2v) is 8.98. The van der Waals surface area contributed by atoms with Crippen LogP contribution in [0.3, 0.4) is 0 Å². The maximum atomic E-state index is 13.1. The highest BCUT2D eigenvalue weighted by molar-refractivity contribution is 7.99. The maximum absolute atomic E-state index is 13.1. The molecule has 32 heavy (non-hydrogen) atoms. The van der Waals surface area contributed by atoms with Gasteiger partial charge in [0, 0.05) is 23.7 Å². The van der Waals surface area contributed by atoms with Gasteiger partial charge in [0.25, 0.3) is 0 Å². The van der Waals surface area contributed by atoms with Crippen molar-refractivity contribution in [3.8, 4) is 0 Å². The average molecular weight is 470 g/mol. The van der Waals surface area contributed by atoms with E-state index in [1.54, 1.807) is 18.7 Å². The van der Waals surface area contributed by atoms with Crippen LogP contribution in [0.15, 0.2) is 71.8 Å². The maximum Gasteiger partial charge on any atom is 0.339 e. The third-order valence-corrected chi connectivity index (χ3v) is 7.00. The molecule has 2 unspecified atom stereocenters. The largest absolute Gasteiger partial charge is 0.464 e. The van der Waals surface area contributed by atoms with E-state index in [4.69, 9.17) is 14.5 Å². The summed E-state index contributed by atoms with van der Waals surface area (Å²) in [6, 6.07) is 22.0. The highest BCUT2D eigenvalue weighted by Crippen LogP contribution is 2.35. The van der Waals surface area contributed by atoms with Crippen molar-refractivity contribution in [3.63, 3.8) is 0 Å². The van der Waals surface area contributed by atoms with Gasteiger partial charge in [0.15, 0.2) is 14.1 Å². The smallest absolute Gasteiger partial charge is 0.339 e. The first kappa shape index (κ1) is 24.4. The molecule has 3 aromatic rings. The first-order chi connectivity index (χ1) is 15.6. The van der Waals surface area contributed by atoms with E-state index in [2.05, 4.69) is 0 Å². The lowest BCUT2D eigenvalue weighted by Gasteiger charge is -2.36. The van der Waals surface area contributed by atoms with E-state index in [1.807, 2.05) is 73.7 Å². The molecule has 0 N–H and O–H groups in total. The Bertz CT molecular complexity index is 1030. The van der Waals surface area contributed by atoms with Gasteiger partial charge in [-0.15, -0.1) is 11.8 Å². The molecule has 0 spiro atoms. The second kappa shape index (κ2) is 12.1. The first-order valence-electron chi connectivity index (χ1n) is 10.8. The number of hydrogen-bond donors (Lipinski definition) is 0. The van der Waals surface area contributed by atoms with Gasteiger partial charge >= 0.3 is 5.97 Å². The van der Waals surface area contributed by atoms with E-state index in [0.29, 0.717) is 18.8 Å². The standard InChI is InChI=1S/C25H28NO4PS/c1-3-29-24(27)25(18-31-28,30-4-2)21(16-19-10-6-5-7-11-19)17-32-23-15-14-20-12-8-9-13-22(20)26-23/h5-15,21H,3-4,16-18H2,1-2H3. The predicted octanol–water partition coefficient (Wildman–Crippen LogP) is 5.82. The van der Waals surface area contributed by atoms with Gasteiger partial charge in [-0.2, -0.15) is 0 Å². The Kier molecular flexibility index (Phi) is 9.22. The van der Waals surface area contributed by atoms with Gasteiger partial charge in [-0.25, -0.2) is 9.78 Å². The quantitative estimate of drug-likeness (QED) is 0.189. The molecule has 0 amide bonds. The SMILES string of the molecule is CCOC(=O)C(CP=O)(OCC)C(CSc1ccc2ccccc2n1)Cc1ccccc1. The average Bonchev–Trinajstić information content (AvgIpc) is 2.82. The lowest BCUT2D eigenvalue weighted by atomic mass is 9.84. The fourth-order valence-corrected chi connectivity index (χ4v) is 5.52. The summed E-state index contributed by atoms with van der Waals surface area (Å²) in [5, 5.41) is 1.95. The molecule has 0 bridgehead atoms. The topological polar surface area (TPSA) is 65.5 Å². The van der Waals surface area contributed by atoms with Gasteiger partial charge in [0.05, 0.1) is 23.3 Å². The van der Waals surface area contributed by atoms with Crippen molar-refractivity contribution in [2.75, 3.05) is 25.1 Å². The van der Waals surface area contributed by atoms with Gasteiger partial charge in [-0.05, 0) is 38.0 Å². The van der Waals surface area contributed by atoms with Crippen molar-refractivity contribution in [2.45, 2.75) is 30.9 Å². The van der Waals surface area contributed by atoms with Crippen LogP contribution >= 0.6 is 20.2 Å². The van der Waals surface area contributed by atoms with Gasteiger partial charge in [0.1, 0.15) is 0 Å². The van der Waals surface area contributed by atoms with Crippen LogP contribution in [0.4, 0.5) is 0 Å². The summed E-state index contributed by atoms with van der Waals surface area (Å²) >= 11 is 1.57. The molecule has 5 nitrogen and oxygen atoms in total. The zero-order valence-corrected chi connectivity index (χ0v) is 20.1. The van der Waals surface area contributed by atoms with Crippen molar-refractivity contribution in [1.82, 2.24) is 4.98 Å². The van der Waals surface area contributed by atoms with Gasteiger partial charge in [-0.1, -0.05) is 54.6 Å². The molecular weight excluding hydrogens is 441 g/mol. The van der Waals surface area contributed by atoms with Crippen LogP contribution in [0, 0.1) is 5.92 Å². The molecule has 0 aliphatic heterocycles. The zero-order valence-electron chi connectivity index (χ0n) is 18.4. The third-order valence-electron chi connectivity index (χ3n) is 5.31. The van der Waals surface area contributed by atoms with Crippen molar-refractivity contribution in [2.24, 2.45) is 5.92 Å². The van der Waals surface area contributed by atoms with Gasteiger partial charge in [-0.3, -0.25) is 4.57 Å². The molecule has 0 aliphatic rings. The number of pyridine rings is 1. The van der Waals surface area contributed by atoms with E-state index in [-0.39, 0.29) is 27.1 Å². The third kappa shape index (κ3) is 5.94. The second-order valence-electron chi connectivity index (χ2n) is 7.37. The summed E-state index contributed by atoms with van der Waals surface area (Å²) < 4.78 is 23.2. The van der Waals surface area contributed by atoms with Crippen LogP contribution in [0.5, 0.6) is 0 Å². The van der Waals surface area contributed by atoms with E-state index < -0.39 is 11.6 Å². The summed E-state index contributed by atoms with van der Waals surface area (Å²) in [6.45, 7) is 4.16. The molecular formula is C25H28NO4PS. The number of fused-ring (bicyclic) bond motifs is 1. The van der Waals surface area contributed by atoms with E-state index in [0.717, 1.165) is 21.5 Å². The highest BCUT2D eigenvalue weighted by atomic mass is 32.2. The Morgan fingerprint density at radius 3 is 2.50 bits per heavy atom. The number of nitrogens with zero attached hydrogens (tertiary/aromatic N) is 1. The number of rotatable bonds is 12. The molecule has 2 atom stereocenters.